The lowest BCUT2D eigenvalue weighted by Crippen LogP contribution is -2.31. The fourth-order valence-electron chi connectivity index (χ4n) is 2.14. The summed E-state index contributed by atoms with van der Waals surface area (Å²) in [5.41, 5.74) is 3.40. The molecule has 2 aromatic carbocycles. The minimum Gasteiger partial charge on any atom is -0.406 e. The molecule has 2 N–H and O–H groups in total. The second-order valence-corrected chi connectivity index (χ2v) is 5.73. The molecule has 1 atom stereocenters. The first-order valence-electron chi connectivity index (χ1n) is 7.64. The van der Waals surface area contributed by atoms with Gasteiger partial charge in [0.2, 0.25) is 5.91 Å². The predicted octanol–water partition coefficient (Wildman–Crippen LogP) is 4.64. The molecule has 2 rings (SSSR count). The third-order valence-electron chi connectivity index (χ3n) is 3.64. The predicted molar refractivity (Wildman–Crippen MR) is 90.8 cm³/mol. The molecule has 25 heavy (non-hydrogen) atoms. The molecular weight excluding hydrogens is 333 g/mol. The largest absolute Gasteiger partial charge is 0.573 e. The Balaban J connectivity index is 1.95. The van der Waals surface area contributed by atoms with Crippen molar-refractivity contribution in [2.45, 2.75) is 33.2 Å². The molecule has 0 heterocycles. The van der Waals surface area contributed by atoms with Gasteiger partial charge in [0, 0.05) is 11.4 Å². The van der Waals surface area contributed by atoms with Gasteiger partial charge in [0.15, 0.2) is 0 Å². The van der Waals surface area contributed by atoms with Crippen LogP contribution in [0.1, 0.15) is 18.1 Å². The van der Waals surface area contributed by atoms with Gasteiger partial charge in [-0.2, -0.15) is 0 Å². The van der Waals surface area contributed by atoms with Crippen molar-refractivity contribution in [1.29, 1.82) is 0 Å². The van der Waals surface area contributed by atoms with Crippen molar-refractivity contribution in [2.24, 2.45) is 0 Å². The third-order valence-corrected chi connectivity index (χ3v) is 3.64. The van der Waals surface area contributed by atoms with Crippen LogP contribution in [0.5, 0.6) is 5.75 Å². The molecule has 7 heteroatoms. The van der Waals surface area contributed by atoms with Crippen molar-refractivity contribution in [3.8, 4) is 5.75 Å². The van der Waals surface area contributed by atoms with E-state index in [9.17, 15) is 18.0 Å². The Bertz CT molecular complexity index is 743. The summed E-state index contributed by atoms with van der Waals surface area (Å²) in [6, 6.07) is 10.2. The minimum absolute atomic E-state index is 0.251. The Morgan fingerprint density at radius 3 is 2.16 bits per heavy atom. The van der Waals surface area contributed by atoms with Gasteiger partial charge in [0.25, 0.3) is 0 Å². The van der Waals surface area contributed by atoms with Gasteiger partial charge >= 0.3 is 6.36 Å². The molecule has 0 unspecified atom stereocenters. The second kappa shape index (κ2) is 7.46. The zero-order valence-corrected chi connectivity index (χ0v) is 14.1. The Kier molecular flexibility index (Phi) is 5.56. The first-order chi connectivity index (χ1) is 11.6. The number of amides is 1. The van der Waals surface area contributed by atoms with E-state index in [0.717, 1.165) is 11.1 Å². The number of rotatable bonds is 5. The van der Waals surface area contributed by atoms with Gasteiger partial charge in [-0.1, -0.05) is 6.07 Å². The highest BCUT2D eigenvalue weighted by molar-refractivity contribution is 5.96. The molecule has 0 aliphatic rings. The average Bonchev–Trinajstić information content (AvgIpc) is 2.51. The number of alkyl halides is 3. The van der Waals surface area contributed by atoms with Gasteiger partial charge in [-0.05, 0) is 68.3 Å². The van der Waals surface area contributed by atoms with Gasteiger partial charge < -0.3 is 15.4 Å². The summed E-state index contributed by atoms with van der Waals surface area (Å²) >= 11 is 0. The van der Waals surface area contributed by atoms with Gasteiger partial charge in [0.1, 0.15) is 11.8 Å². The number of carbonyl (C=O) groups excluding carboxylic acids is 1. The number of ether oxygens (including phenoxy) is 1. The molecule has 0 saturated heterocycles. The maximum absolute atomic E-state index is 12.2. The summed E-state index contributed by atoms with van der Waals surface area (Å²) in [4.78, 5) is 12.2. The molecule has 134 valence electrons. The standard InChI is InChI=1S/C18H19F3N2O2/c1-11-4-5-15(10-12(11)2)23-17(24)13(3)22-14-6-8-16(9-7-14)25-18(19,20)21/h4-10,13,22H,1-3H3,(H,23,24)/t13-/m0/s1. The van der Waals surface area contributed by atoms with Crippen LogP contribution in [0.3, 0.4) is 0 Å². The van der Waals surface area contributed by atoms with Gasteiger partial charge in [0.05, 0.1) is 0 Å². The lowest BCUT2D eigenvalue weighted by Gasteiger charge is -2.16. The normalized spacial score (nSPS) is 12.4. The summed E-state index contributed by atoms with van der Waals surface area (Å²) < 4.78 is 40.2. The summed E-state index contributed by atoms with van der Waals surface area (Å²) in [6.07, 6.45) is -4.73. The third kappa shape index (κ3) is 5.70. The molecule has 0 aromatic heterocycles. The molecule has 1 amide bonds. The molecule has 0 aliphatic carbocycles. The highest BCUT2D eigenvalue weighted by atomic mass is 19.4. The lowest BCUT2D eigenvalue weighted by molar-refractivity contribution is -0.274. The second-order valence-electron chi connectivity index (χ2n) is 5.73. The highest BCUT2D eigenvalue weighted by Crippen LogP contribution is 2.24. The monoisotopic (exact) mass is 352 g/mol. The zero-order chi connectivity index (χ0) is 18.6. The number of benzene rings is 2. The smallest absolute Gasteiger partial charge is 0.406 e. The van der Waals surface area contributed by atoms with Crippen LogP contribution in [0.2, 0.25) is 0 Å². The minimum atomic E-state index is -4.73. The van der Waals surface area contributed by atoms with E-state index in [-0.39, 0.29) is 11.7 Å². The molecule has 0 fully saturated rings. The number of halogens is 3. The van der Waals surface area contributed by atoms with Crippen molar-refractivity contribution in [3.05, 3.63) is 53.6 Å². The van der Waals surface area contributed by atoms with Crippen molar-refractivity contribution in [3.63, 3.8) is 0 Å². The van der Waals surface area contributed by atoms with Crippen LogP contribution >= 0.6 is 0 Å². The number of carbonyl (C=O) groups is 1. The van der Waals surface area contributed by atoms with E-state index < -0.39 is 12.4 Å². The average molecular weight is 352 g/mol. The van der Waals surface area contributed by atoms with Crippen LogP contribution in [-0.2, 0) is 4.79 Å². The SMILES string of the molecule is Cc1ccc(NC(=O)[C@H](C)Nc2ccc(OC(F)(F)F)cc2)cc1C. The van der Waals surface area contributed by atoms with Gasteiger partial charge in [-0.25, -0.2) is 0 Å². The van der Waals surface area contributed by atoms with Crippen molar-refractivity contribution >= 4 is 17.3 Å². The van der Waals surface area contributed by atoms with Gasteiger partial charge in [-0.3, -0.25) is 4.79 Å². The number of anilines is 2. The van der Waals surface area contributed by atoms with Crippen molar-refractivity contribution in [2.75, 3.05) is 10.6 Å². The Labute approximate surface area is 144 Å². The fourth-order valence-corrected chi connectivity index (χ4v) is 2.14. The van der Waals surface area contributed by atoms with E-state index in [2.05, 4.69) is 15.4 Å². The van der Waals surface area contributed by atoms with Gasteiger partial charge in [-0.15, -0.1) is 13.2 Å². The number of aryl methyl sites for hydroxylation is 2. The maximum atomic E-state index is 12.2. The van der Waals surface area contributed by atoms with Crippen molar-refractivity contribution < 1.29 is 22.7 Å². The van der Waals surface area contributed by atoms with Crippen LogP contribution in [0.4, 0.5) is 24.5 Å². The molecule has 2 aromatic rings. The van der Waals surface area contributed by atoms with E-state index in [1.807, 2.05) is 32.0 Å². The number of hydrogen-bond donors (Lipinski definition) is 2. The van der Waals surface area contributed by atoms with Crippen LogP contribution in [0.15, 0.2) is 42.5 Å². The van der Waals surface area contributed by atoms with E-state index in [1.165, 1.54) is 24.3 Å². The van der Waals surface area contributed by atoms with Crippen molar-refractivity contribution in [1.82, 2.24) is 0 Å². The van der Waals surface area contributed by atoms with Crippen LogP contribution in [0, 0.1) is 13.8 Å². The Morgan fingerprint density at radius 1 is 1.00 bits per heavy atom. The molecule has 0 radical (unpaired) electrons. The first-order valence-corrected chi connectivity index (χ1v) is 7.64. The Hall–Kier alpha value is -2.70. The molecular formula is C18H19F3N2O2. The summed E-state index contributed by atoms with van der Waals surface area (Å²) in [5.74, 6) is -0.566. The van der Waals surface area contributed by atoms with E-state index in [1.54, 1.807) is 6.92 Å². The number of nitrogens with one attached hydrogen (secondary N) is 2. The summed E-state index contributed by atoms with van der Waals surface area (Å²) in [7, 11) is 0. The lowest BCUT2D eigenvalue weighted by atomic mass is 10.1. The molecule has 0 saturated carbocycles. The van der Waals surface area contributed by atoms with Crippen LogP contribution in [-0.4, -0.2) is 18.3 Å². The summed E-state index contributed by atoms with van der Waals surface area (Å²) in [5, 5.41) is 5.73. The molecule has 0 aliphatic heterocycles. The first kappa shape index (κ1) is 18.6. The van der Waals surface area contributed by atoms with E-state index >= 15 is 0 Å². The zero-order valence-electron chi connectivity index (χ0n) is 14.1. The fraction of sp³-hybridized carbons (Fsp3) is 0.278. The van der Waals surface area contributed by atoms with E-state index in [0.29, 0.717) is 11.4 Å². The molecule has 0 bridgehead atoms. The number of hydrogen-bond acceptors (Lipinski definition) is 3. The quantitative estimate of drug-likeness (QED) is 0.824. The topological polar surface area (TPSA) is 50.4 Å². The molecule has 0 spiro atoms. The highest BCUT2D eigenvalue weighted by Gasteiger charge is 2.31. The van der Waals surface area contributed by atoms with Crippen LogP contribution < -0.4 is 15.4 Å². The van der Waals surface area contributed by atoms with Crippen LogP contribution in [0.25, 0.3) is 0 Å². The maximum Gasteiger partial charge on any atom is 0.573 e. The molecule has 4 nitrogen and oxygen atoms in total. The van der Waals surface area contributed by atoms with E-state index in [4.69, 9.17) is 0 Å². The summed E-state index contributed by atoms with van der Waals surface area (Å²) in [6.45, 7) is 5.60. The Morgan fingerprint density at radius 2 is 1.60 bits per heavy atom.